The Balaban J connectivity index is 1.72. The third kappa shape index (κ3) is 4.15. The lowest BCUT2D eigenvalue weighted by molar-refractivity contribution is -0.136. The van der Waals surface area contributed by atoms with Crippen LogP contribution in [-0.2, 0) is 35.5 Å². The topological polar surface area (TPSA) is 57.6 Å². The minimum Gasteiger partial charge on any atom is -0.481 e. The zero-order valence-electron chi connectivity index (χ0n) is 18.5. The van der Waals surface area contributed by atoms with E-state index in [1.165, 1.54) is 12.1 Å². The first-order valence-corrected chi connectivity index (χ1v) is 10.7. The number of rotatable bonds is 5. The van der Waals surface area contributed by atoms with Gasteiger partial charge in [-0.2, -0.15) is 0 Å². The van der Waals surface area contributed by atoms with Crippen LogP contribution >= 0.6 is 0 Å². The molecule has 4 rings (SSSR count). The quantitative estimate of drug-likeness (QED) is 0.609. The van der Waals surface area contributed by atoms with Crippen molar-refractivity contribution in [1.82, 2.24) is 4.90 Å². The molecule has 164 valence electrons. The number of carbonyl (C=O) groups is 2. The maximum Gasteiger partial charge on any atom is 0.307 e. The summed E-state index contributed by atoms with van der Waals surface area (Å²) in [6.45, 7) is 6.90. The molecule has 1 amide bonds. The second-order valence-electron chi connectivity index (χ2n) is 8.55. The fraction of sp³-hybridized carbons (Fsp3) is 0.259. The second-order valence-corrected chi connectivity index (χ2v) is 8.55. The minimum atomic E-state index is -0.877. The standard InChI is InChI=1S/C27H26FNO3/c1-16-7-9-20(10-8-16)27-18(3)24-15-29(14-23(24)17(2)22(27)13-26(31)32)25(30)12-19-5-4-6-21(28)11-19/h4-11H,12-15H2,1-3H3,(H,31,32). The van der Waals surface area contributed by atoms with E-state index in [1.807, 2.05) is 45.0 Å². The highest BCUT2D eigenvalue weighted by Gasteiger charge is 2.30. The molecule has 3 aromatic rings. The van der Waals surface area contributed by atoms with Gasteiger partial charge in [-0.25, -0.2) is 4.39 Å². The van der Waals surface area contributed by atoms with Gasteiger partial charge in [0, 0.05) is 13.1 Å². The Labute approximate surface area is 187 Å². The fourth-order valence-corrected chi connectivity index (χ4v) is 4.66. The molecule has 0 saturated heterocycles. The van der Waals surface area contributed by atoms with E-state index in [9.17, 15) is 19.1 Å². The lowest BCUT2D eigenvalue weighted by Gasteiger charge is -2.19. The Bertz CT molecular complexity index is 1210. The third-order valence-electron chi connectivity index (χ3n) is 6.36. The van der Waals surface area contributed by atoms with E-state index >= 15 is 0 Å². The lowest BCUT2D eigenvalue weighted by Crippen LogP contribution is -2.27. The number of fused-ring (bicyclic) bond motifs is 1. The smallest absolute Gasteiger partial charge is 0.307 e. The van der Waals surface area contributed by atoms with Crippen molar-refractivity contribution in [2.75, 3.05) is 0 Å². The molecule has 32 heavy (non-hydrogen) atoms. The van der Waals surface area contributed by atoms with Crippen LogP contribution in [-0.4, -0.2) is 21.9 Å². The van der Waals surface area contributed by atoms with Crippen LogP contribution in [0.4, 0.5) is 4.39 Å². The second kappa shape index (κ2) is 8.58. The van der Waals surface area contributed by atoms with Crippen LogP contribution < -0.4 is 0 Å². The van der Waals surface area contributed by atoms with Crippen molar-refractivity contribution < 1.29 is 19.1 Å². The Morgan fingerprint density at radius 1 is 0.938 bits per heavy atom. The molecule has 4 nitrogen and oxygen atoms in total. The molecule has 1 aliphatic rings. The summed E-state index contributed by atoms with van der Waals surface area (Å²) in [5, 5.41) is 9.58. The predicted molar refractivity (Wildman–Crippen MR) is 122 cm³/mol. The van der Waals surface area contributed by atoms with Crippen LogP contribution in [0, 0.1) is 26.6 Å². The molecular weight excluding hydrogens is 405 g/mol. The van der Waals surface area contributed by atoms with Crippen molar-refractivity contribution in [3.05, 3.63) is 93.3 Å². The average Bonchev–Trinajstić information content (AvgIpc) is 3.19. The van der Waals surface area contributed by atoms with Gasteiger partial charge >= 0.3 is 5.97 Å². The summed E-state index contributed by atoms with van der Waals surface area (Å²) >= 11 is 0. The van der Waals surface area contributed by atoms with Gasteiger partial charge in [-0.3, -0.25) is 9.59 Å². The summed E-state index contributed by atoms with van der Waals surface area (Å²) in [6, 6.07) is 14.2. The molecule has 0 atom stereocenters. The van der Waals surface area contributed by atoms with E-state index in [2.05, 4.69) is 0 Å². The molecule has 0 saturated carbocycles. The van der Waals surface area contributed by atoms with E-state index in [0.29, 0.717) is 18.7 Å². The first kappa shape index (κ1) is 21.8. The van der Waals surface area contributed by atoms with Crippen LogP contribution in [0.3, 0.4) is 0 Å². The van der Waals surface area contributed by atoms with Gasteiger partial charge in [0.15, 0.2) is 0 Å². The fourth-order valence-electron chi connectivity index (χ4n) is 4.66. The number of carbonyl (C=O) groups excluding carboxylic acids is 1. The molecule has 0 radical (unpaired) electrons. The number of carboxylic acids is 1. The van der Waals surface area contributed by atoms with E-state index < -0.39 is 5.97 Å². The van der Waals surface area contributed by atoms with E-state index in [1.54, 1.807) is 17.0 Å². The van der Waals surface area contributed by atoms with Crippen LogP contribution in [0.2, 0.25) is 0 Å². The first-order valence-electron chi connectivity index (χ1n) is 10.7. The molecule has 0 unspecified atom stereocenters. The number of aryl methyl sites for hydroxylation is 1. The van der Waals surface area contributed by atoms with Crippen LogP contribution in [0.15, 0.2) is 48.5 Å². The van der Waals surface area contributed by atoms with Gasteiger partial charge in [0.05, 0.1) is 12.8 Å². The highest BCUT2D eigenvalue weighted by atomic mass is 19.1. The molecule has 1 N–H and O–H groups in total. The van der Waals surface area contributed by atoms with Gasteiger partial charge in [-0.05, 0) is 77.4 Å². The van der Waals surface area contributed by atoms with Crippen molar-refractivity contribution in [1.29, 1.82) is 0 Å². The van der Waals surface area contributed by atoms with Crippen LogP contribution in [0.25, 0.3) is 11.1 Å². The van der Waals surface area contributed by atoms with Crippen molar-refractivity contribution >= 4 is 11.9 Å². The molecule has 3 aromatic carbocycles. The number of aliphatic carboxylic acids is 1. The normalized spacial score (nSPS) is 12.7. The Morgan fingerprint density at radius 2 is 1.59 bits per heavy atom. The van der Waals surface area contributed by atoms with Gasteiger partial charge in [-0.15, -0.1) is 0 Å². The summed E-state index contributed by atoms with van der Waals surface area (Å²) in [7, 11) is 0. The predicted octanol–water partition coefficient (Wildman–Crippen LogP) is 5.13. The number of nitrogens with zero attached hydrogens (tertiary/aromatic N) is 1. The Hall–Kier alpha value is -3.47. The summed E-state index contributed by atoms with van der Waals surface area (Å²) in [6.07, 6.45) is 0.0665. The highest BCUT2D eigenvalue weighted by molar-refractivity contribution is 5.83. The van der Waals surface area contributed by atoms with Crippen LogP contribution in [0.1, 0.15) is 38.9 Å². The Morgan fingerprint density at radius 3 is 2.22 bits per heavy atom. The van der Waals surface area contributed by atoms with Crippen molar-refractivity contribution in [2.45, 2.75) is 46.7 Å². The number of hydrogen-bond donors (Lipinski definition) is 1. The van der Waals surface area contributed by atoms with E-state index in [0.717, 1.165) is 44.5 Å². The van der Waals surface area contributed by atoms with Gasteiger partial charge in [0.1, 0.15) is 5.82 Å². The molecule has 0 aromatic heterocycles. The summed E-state index contributed by atoms with van der Waals surface area (Å²) < 4.78 is 13.5. The maximum atomic E-state index is 13.5. The number of carboxylic acid groups (broad SMARTS) is 1. The van der Waals surface area contributed by atoms with Gasteiger partial charge in [0.2, 0.25) is 5.91 Å². The van der Waals surface area contributed by atoms with Gasteiger partial charge in [-0.1, -0.05) is 42.0 Å². The monoisotopic (exact) mass is 431 g/mol. The van der Waals surface area contributed by atoms with E-state index in [-0.39, 0.29) is 24.6 Å². The molecule has 0 aliphatic carbocycles. The van der Waals surface area contributed by atoms with Gasteiger partial charge in [0.25, 0.3) is 0 Å². The Kier molecular flexibility index (Phi) is 5.83. The van der Waals surface area contributed by atoms with Gasteiger partial charge < -0.3 is 10.0 Å². The van der Waals surface area contributed by atoms with E-state index in [4.69, 9.17) is 0 Å². The first-order chi connectivity index (χ1) is 15.2. The van der Waals surface area contributed by atoms with Crippen molar-refractivity contribution in [2.24, 2.45) is 0 Å². The van der Waals surface area contributed by atoms with Crippen molar-refractivity contribution in [3.63, 3.8) is 0 Å². The largest absolute Gasteiger partial charge is 0.481 e. The highest BCUT2D eigenvalue weighted by Crippen LogP contribution is 2.39. The molecule has 0 fully saturated rings. The maximum absolute atomic E-state index is 13.5. The molecular formula is C27H26FNO3. The molecule has 0 spiro atoms. The zero-order valence-corrected chi connectivity index (χ0v) is 18.5. The summed E-state index contributed by atoms with van der Waals surface area (Å²) in [5.74, 6) is -1.30. The number of amides is 1. The zero-order chi connectivity index (χ0) is 23.0. The summed E-state index contributed by atoms with van der Waals surface area (Å²) in [4.78, 5) is 26.4. The molecule has 0 bridgehead atoms. The SMILES string of the molecule is Cc1ccc(-c2c(C)c3c(c(C)c2CC(=O)O)CN(C(=O)Cc2cccc(F)c2)C3)cc1. The van der Waals surface area contributed by atoms with Crippen molar-refractivity contribution in [3.8, 4) is 11.1 Å². The molecule has 1 heterocycles. The van der Waals surface area contributed by atoms with Crippen LogP contribution in [0.5, 0.6) is 0 Å². The third-order valence-corrected chi connectivity index (χ3v) is 6.36. The molecule has 5 heteroatoms. The minimum absolute atomic E-state index is 0.0673. The number of hydrogen-bond acceptors (Lipinski definition) is 2. The average molecular weight is 432 g/mol. The number of benzene rings is 3. The lowest BCUT2D eigenvalue weighted by atomic mass is 9.84. The number of halogens is 1. The summed E-state index contributed by atoms with van der Waals surface area (Å²) in [5.41, 5.74) is 8.59. The molecule has 1 aliphatic heterocycles.